The second-order valence-electron chi connectivity index (χ2n) is 3.58. The van der Waals surface area contributed by atoms with Gasteiger partial charge < -0.3 is 19.7 Å². The van der Waals surface area contributed by atoms with Crippen LogP contribution in [0.1, 0.15) is 26.2 Å². The lowest BCUT2D eigenvalue weighted by Crippen LogP contribution is -2.08. The number of ether oxygens (including phenoxy) is 2. The molecule has 5 heteroatoms. The molecule has 0 aromatic carbocycles. The van der Waals surface area contributed by atoms with Gasteiger partial charge in [0.15, 0.2) is 0 Å². The third-order valence-electron chi connectivity index (χ3n) is 1.99. The van der Waals surface area contributed by atoms with Crippen molar-refractivity contribution in [3.8, 4) is 0 Å². The molecule has 1 saturated heterocycles. The lowest BCUT2D eigenvalue weighted by Gasteiger charge is -2.04. The van der Waals surface area contributed by atoms with E-state index in [4.69, 9.17) is 19.7 Å². The second-order valence-corrected chi connectivity index (χ2v) is 3.58. The highest BCUT2D eigenvalue weighted by molar-refractivity contribution is 5.84. The van der Waals surface area contributed by atoms with E-state index in [0.29, 0.717) is 6.79 Å². The molecule has 0 spiro atoms. The molecule has 0 bridgehead atoms. The van der Waals surface area contributed by atoms with E-state index in [9.17, 15) is 4.79 Å². The van der Waals surface area contributed by atoms with Gasteiger partial charge in [-0.3, -0.25) is 0 Å². The standard InChI is InChI=1S/C7H14O3.C4H6O2/c8-4-2-1-3-7-5-9-6-10-7;1-3(2)4(5)6/h7-8H,1-6H2;1H2,2H3,(H,5,6). The van der Waals surface area contributed by atoms with Crippen LogP contribution in [0.15, 0.2) is 12.2 Å². The number of carboxylic acid groups (broad SMARTS) is 1. The Morgan fingerprint density at radius 1 is 1.50 bits per heavy atom. The van der Waals surface area contributed by atoms with Crippen molar-refractivity contribution in [2.24, 2.45) is 0 Å². The van der Waals surface area contributed by atoms with Gasteiger partial charge in [0.05, 0.1) is 12.7 Å². The molecule has 2 N–H and O–H groups in total. The molecule has 0 aromatic heterocycles. The highest BCUT2D eigenvalue weighted by Gasteiger charge is 2.14. The molecule has 1 aliphatic rings. The monoisotopic (exact) mass is 232 g/mol. The van der Waals surface area contributed by atoms with Crippen molar-refractivity contribution in [2.45, 2.75) is 32.3 Å². The number of aliphatic hydroxyl groups excluding tert-OH is 1. The van der Waals surface area contributed by atoms with Gasteiger partial charge in [-0.2, -0.15) is 0 Å². The van der Waals surface area contributed by atoms with Gasteiger partial charge in [-0.15, -0.1) is 0 Å². The molecule has 0 amide bonds. The fraction of sp³-hybridized carbons (Fsp3) is 0.727. The Labute approximate surface area is 95.7 Å². The molecule has 1 unspecified atom stereocenters. The summed E-state index contributed by atoms with van der Waals surface area (Å²) in [6.45, 7) is 6.06. The Balaban J connectivity index is 0.000000325. The Morgan fingerprint density at radius 3 is 2.50 bits per heavy atom. The van der Waals surface area contributed by atoms with E-state index in [1.54, 1.807) is 0 Å². The number of hydrogen-bond acceptors (Lipinski definition) is 4. The summed E-state index contributed by atoms with van der Waals surface area (Å²) < 4.78 is 10.2. The predicted octanol–water partition coefficient (Wildman–Crippen LogP) is 1.17. The largest absolute Gasteiger partial charge is 0.478 e. The number of unbranched alkanes of at least 4 members (excludes halogenated alkanes) is 1. The molecule has 0 aliphatic carbocycles. The van der Waals surface area contributed by atoms with Gasteiger partial charge in [-0.1, -0.05) is 6.58 Å². The summed E-state index contributed by atoms with van der Waals surface area (Å²) in [6, 6.07) is 0. The van der Waals surface area contributed by atoms with Crippen LogP contribution in [0.3, 0.4) is 0 Å². The third kappa shape index (κ3) is 8.40. The zero-order chi connectivity index (χ0) is 12.4. The van der Waals surface area contributed by atoms with Gasteiger partial charge in [-0.25, -0.2) is 4.79 Å². The maximum Gasteiger partial charge on any atom is 0.330 e. The molecule has 1 aliphatic heterocycles. The molecular formula is C11H20O5. The number of carboxylic acids is 1. The van der Waals surface area contributed by atoms with Crippen LogP contribution in [0.25, 0.3) is 0 Å². The maximum absolute atomic E-state index is 9.60. The SMILES string of the molecule is C=C(C)C(=O)O.OCCCCC1COCO1. The maximum atomic E-state index is 9.60. The minimum atomic E-state index is -0.935. The lowest BCUT2D eigenvalue weighted by atomic mass is 10.2. The van der Waals surface area contributed by atoms with E-state index in [2.05, 4.69) is 6.58 Å². The average Bonchev–Trinajstić information content (AvgIpc) is 2.72. The van der Waals surface area contributed by atoms with Gasteiger partial charge in [-0.05, 0) is 26.2 Å². The van der Waals surface area contributed by atoms with Gasteiger partial charge in [0.2, 0.25) is 0 Å². The summed E-state index contributed by atoms with van der Waals surface area (Å²) in [4.78, 5) is 9.60. The van der Waals surface area contributed by atoms with Crippen LogP contribution in [0.5, 0.6) is 0 Å². The number of aliphatic hydroxyl groups is 1. The van der Waals surface area contributed by atoms with E-state index < -0.39 is 5.97 Å². The van der Waals surface area contributed by atoms with E-state index >= 15 is 0 Å². The van der Waals surface area contributed by atoms with Crippen LogP contribution >= 0.6 is 0 Å². The first kappa shape index (κ1) is 15.1. The third-order valence-corrected chi connectivity index (χ3v) is 1.99. The van der Waals surface area contributed by atoms with Crippen LogP contribution in [-0.4, -0.2) is 42.3 Å². The summed E-state index contributed by atoms with van der Waals surface area (Å²) in [5, 5.41) is 16.4. The first-order chi connectivity index (χ1) is 7.57. The van der Waals surface area contributed by atoms with Crippen molar-refractivity contribution >= 4 is 5.97 Å². The topological polar surface area (TPSA) is 76.0 Å². The highest BCUT2D eigenvalue weighted by Crippen LogP contribution is 2.10. The normalized spacial score (nSPS) is 18.8. The van der Waals surface area contributed by atoms with Gasteiger partial charge in [0.25, 0.3) is 0 Å². The zero-order valence-electron chi connectivity index (χ0n) is 9.65. The quantitative estimate of drug-likeness (QED) is 0.549. The molecule has 5 nitrogen and oxygen atoms in total. The van der Waals surface area contributed by atoms with Gasteiger partial charge >= 0.3 is 5.97 Å². The zero-order valence-corrected chi connectivity index (χ0v) is 9.65. The smallest absolute Gasteiger partial charge is 0.330 e. The van der Waals surface area contributed by atoms with Crippen molar-refractivity contribution in [3.05, 3.63) is 12.2 Å². The predicted molar refractivity (Wildman–Crippen MR) is 59.1 cm³/mol. The van der Waals surface area contributed by atoms with E-state index in [1.807, 2.05) is 0 Å². The Hall–Kier alpha value is -0.910. The Kier molecular flexibility index (Phi) is 8.80. The minimum absolute atomic E-state index is 0.176. The summed E-state index contributed by atoms with van der Waals surface area (Å²) in [5.74, 6) is -0.935. The molecule has 0 saturated carbocycles. The molecule has 1 rings (SSSR count). The highest BCUT2D eigenvalue weighted by atomic mass is 16.7. The van der Waals surface area contributed by atoms with E-state index in [0.717, 1.165) is 25.9 Å². The van der Waals surface area contributed by atoms with Crippen molar-refractivity contribution in [3.63, 3.8) is 0 Å². The van der Waals surface area contributed by atoms with Crippen LogP contribution in [0, 0.1) is 0 Å². The van der Waals surface area contributed by atoms with Crippen LogP contribution in [0.4, 0.5) is 0 Å². The van der Waals surface area contributed by atoms with Crippen molar-refractivity contribution < 1.29 is 24.5 Å². The summed E-state index contributed by atoms with van der Waals surface area (Å²) in [5.41, 5.74) is 0.176. The minimum Gasteiger partial charge on any atom is -0.478 e. The summed E-state index contributed by atoms with van der Waals surface area (Å²) in [6.07, 6.45) is 3.21. The van der Waals surface area contributed by atoms with Crippen molar-refractivity contribution in [1.29, 1.82) is 0 Å². The first-order valence-electron chi connectivity index (χ1n) is 5.27. The summed E-state index contributed by atoms with van der Waals surface area (Å²) in [7, 11) is 0. The number of hydrogen-bond donors (Lipinski definition) is 2. The molecule has 1 heterocycles. The summed E-state index contributed by atoms with van der Waals surface area (Å²) >= 11 is 0. The fourth-order valence-electron chi connectivity index (χ4n) is 1.02. The second kappa shape index (κ2) is 9.33. The van der Waals surface area contributed by atoms with Crippen LogP contribution < -0.4 is 0 Å². The molecule has 0 aromatic rings. The average molecular weight is 232 g/mol. The van der Waals surface area contributed by atoms with Gasteiger partial charge in [0.1, 0.15) is 6.79 Å². The molecule has 1 fully saturated rings. The lowest BCUT2D eigenvalue weighted by molar-refractivity contribution is -0.132. The molecule has 94 valence electrons. The first-order valence-corrected chi connectivity index (χ1v) is 5.27. The molecule has 1 atom stereocenters. The Morgan fingerprint density at radius 2 is 2.12 bits per heavy atom. The number of carbonyl (C=O) groups is 1. The number of rotatable bonds is 5. The fourth-order valence-corrected chi connectivity index (χ4v) is 1.02. The van der Waals surface area contributed by atoms with Crippen LogP contribution in [0.2, 0.25) is 0 Å². The van der Waals surface area contributed by atoms with E-state index in [1.165, 1.54) is 6.92 Å². The molecular weight excluding hydrogens is 212 g/mol. The Bertz CT molecular complexity index is 196. The van der Waals surface area contributed by atoms with Crippen LogP contribution in [-0.2, 0) is 14.3 Å². The molecule has 0 radical (unpaired) electrons. The van der Waals surface area contributed by atoms with Gasteiger partial charge in [0, 0.05) is 12.2 Å². The van der Waals surface area contributed by atoms with E-state index in [-0.39, 0.29) is 18.3 Å². The van der Waals surface area contributed by atoms with Crippen molar-refractivity contribution in [1.82, 2.24) is 0 Å². The number of aliphatic carboxylic acids is 1. The van der Waals surface area contributed by atoms with Crippen molar-refractivity contribution in [2.75, 3.05) is 20.0 Å². The molecule has 16 heavy (non-hydrogen) atoms.